The summed E-state index contributed by atoms with van der Waals surface area (Å²) in [7, 11) is 1.97. The van der Waals surface area contributed by atoms with Gasteiger partial charge in [0.1, 0.15) is 11.7 Å². The first kappa shape index (κ1) is 22.1. The van der Waals surface area contributed by atoms with Gasteiger partial charge in [-0.3, -0.25) is 14.6 Å². The summed E-state index contributed by atoms with van der Waals surface area (Å²) >= 11 is 6.24. The predicted molar refractivity (Wildman–Crippen MR) is 136 cm³/mol. The second-order valence-corrected chi connectivity index (χ2v) is 10.4. The van der Waals surface area contributed by atoms with Crippen molar-refractivity contribution in [2.75, 3.05) is 18.5 Å². The number of aromatic nitrogens is 3. The van der Waals surface area contributed by atoms with Crippen LogP contribution in [0.3, 0.4) is 0 Å². The van der Waals surface area contributed by atoms with Crippen molar-refractivity contribution >= 4 is 34.7 Å². The molecule has 0 saturated carbocycles. The van der Waals surface area contributed by atoms with Crippen molar-refractivity contribution < 1.29 is 4.79 Å². The van der Waals surface area contributed by atoms with Crippen molar-refractivity contribution in [1.29, 1.82) is 5.41 Å². The van der Waals surface area contributed by atoms with E-state index >= 15 is 0 Å². The third-order valence-electron chi connectivity index (χ3n) is 7.79. The average Bonchev–Trinajstić information content (AvgIpc) is 3.54. The van der Waals surface area contributed by atoms with Crippen molar-refractivity contribution in [2.45, 2.75) is 45.3 Å². The van der Waals surface area contributed by atoms with Gasteiger partial charge >= 0.3 is 0 Å². The minimum absolute atomic E-state index is 0.0446. The van der Waals surface area contributed by atoms with Crippen LogP contribution in [0, 0.1) is 25.2 Å². The number of pyridine rings is 1. The number of likely N-dealkylation sites (N-methyl/N-ethyl adjacent to an activating group) is 1. The standard InChI is InChI=1S/C26H28ClN7O/c1-14-11-19(13-32-16(3)29-30-25(14)32)34-22(17-5-7-18(27)8-6-17)23-21(26(34)35)15(2)12-33(23)20-9-10-31(4)24(20)28/h5-8,11-13,20-23,28H,9-10H2,1-4H3. The Morgan fingerprint density at radius 3 is 2.54 bits per heavy atom. The molecule has 5 heterocycles. The SMILES string of the molecule is CC1=CN(C2CCN(C)C2=N)C2C1C(=O)N(c1cc(C)c3nnc(C)n3c1)C2c1ccc(Cl)cc1. The van der Waals surface area contributed by atoms with E-state index in [0.29, 0.717) is 10.9 Å². The molecule has 8 nitrogen and oxygen atoms in total. The van der Waals surface area contributed by atoms with E-state index in [0.717, 1.165) is 46.8 Å². The second-order valence-electron chi connectivity index (χ2n) is 9.93. The number of carbonyl (C=O) groups excluding carboxylic acids is 1. The summed E-state index contributed by atoms with van der Waals surface area (Å²) in [4.78, 5) is 20.4. The highest BCUT2D eigenvalue weighted by atomic mass is 35.5. The van der Waals surface area contributed by atoms with Crippen LogP contribution in [0.5, 0.6) is 0 Å². The molecule has 0 radical (unpaired) electrons. The van der Waals surface area contributed by atoms with E-state index in [2.05, 4.69) is 21.3 Å². The van der Waals surface area contributed by atoms with Gasteiger partial charge in [-0.15, -0.1) is 10.2 Å². The van der Waals surface area contributed by atoms with Crippen LogP contribution in [-0.4, -0.2) is 61.8 Å². The number of benzene rings is 1. The lowest BCUT2D eigenvalue weighted by atomic mass is 9.90. The Kier molecular flexibility index (Phi) is 4.93. The first-order chi connectivity index (χ1) is 16.8. The van der Waals surface area contributed by atoms with Gasteiger partial charge in [0.25, 0.3) is 0 Å². The molecule has 3 aromatic rings. The smallest absolute Gasteiger partial charge is 0.237 e. The van der Waals surface area contributed by atoms with Gasteiger partial charge < -0.3 is 14.7 Å². The van der Waals surface area contributed by atoms with Gasteiger partial charge in [-0.1, -0.05) is 23.7 Å². The van der Waals surface area contributed by atoms with Crippen molar-refractivity contribution in [3.05, 3.63) is 70.3 Å². The maximum absolute atomic E-state index is 14.2. The molecule has 0 aliphatic carbocycles. The lowest BCUT2D eigenvalue weighted by Crippen LogP contribution is -2.45. The van der Waals surface area contributed by atoms with Gasteiger partial charge in [-0.05, 0) is 62.1 Å². The normalized spacial score (nSPS) is 26.3. The molecule has 9 heteroatoms. The van der Waals surface area contributed by atoms with Gasteiger partial charge in [0.05, 0.1) is 29.7 Å². The van der Waals surface area contributed by atoms with Crippen LogP contribution in [0.2, 0.25) is 5.02 Å². The number of nitrogens with zero attached hydrogens (tertiary/aromatic N) is 6. The Bertz CT molecular complexity index is 1390. The van der Waals surface area contributed by atoms with Crippen LogP contribution in [0.1, 0.15) is 36.3 Å². The summed E-state index contributed by atoms with van der Waals surface area (Å²) in [5.74, 6) is 1.19. The Morgan fingerprint density at radius 2 is 1.86 bits per heavy atom. The predicted octanol–water partition coefficient (Wildman–Crippen LogP) is 3.97. The number of hydrogen-bond acceptors (Lipinski definition) is 5. The van der Waals surface area contributed by atoms with Gasteiger partial charge in [0, 0.05) is 31.0 Å². The number of hydrogen-bond donors (Lipinski definition) is 1. The quantitative estimate of drug-likeness (QED) is 0.602. The Morgan fingerprint density at radius 1 is 1.11 bits per heavy atom. The number of halogens is 1. The molecule has 180 valence electrons. The van der Waals surface area contributed by atoms with Crippen LogP contribution in [-0.2, 0) is 4.79 Å². The summed E-state index contributed by atoms with van der Waals surface area (Å²) in [6.07, 6.45) is 4.95. The first-order valence-electron chi connectivity index (χ1n) is 11.9. The maximum Gasteiger partial charge on any atom is 0.237 e. The largest absolute Gasteiger partial charge is 0.362 e. The molecule has 2 fully saturated rings. The molecule has 1 amide bonds. The molecule has 35 heavy (non-hydrogen) atoms. The van der Waals surface area contributed by atoms with E-state index in [1.165, 1.54) is 0 Å². The Labute approximate surface area is 209 Å². The van der Waals surface area contributed by atoms with Crippen LogP contribution in [0.25, 0.3) is 5.65 Å². The number of aryl methyl sites for hydroxylation is 2. The van der Waals surface area contributed by atoms with Gasteiger partial charge in [-0.25, -0.2) is 0 Å². The number of rotatable bonds is 3. The van der Waals surface area contributed by atoms with E-state index in [9.17, 15) is 4.79 Å². The average molecular weight is 490 g/mol. The highest BCUT2D eigenvalue weighted by molar-refractivity contribution is 6.30. The third kappa shape index (κ3) is 3.19. The molecule has 2 aromatic heterocycles. The van der Waals surface area contributed by atoms with Crippen LogP contribution in [0.15, 0.2) is 48.3 Å². The fourth-order valence-electron chi connectivity index (χ4n) is 6.06. The molecule has 3 aliphatic heterocycles. The summed E-state index contributed by atoms with van der Waals surface area (Å²) < 4.78 is 1.95. The molecule has 1 N–H and O–H groups in total. The topological polar surface area (TPSA) is 80.8 Å². The lowest BCUT2D eigenvalue weighted by molar-refractivity contribution is -0.119. The van der Waals surface area contributed by atoms with E-state index in [1.807, 2.05) is 78.5 Å². The molecule has 6 rings (SSSR count). The summed E-state index contributed by atoms with van der Waals surface area (Å²) in [6, 6.07) is 9.44. The van der Waals surface area contributed by atoms with E-state index < -0.39 is 0 Å². The number of fused-ring (bicyclic) bond motifs is 2. The fourth-order valence-corrected chi connectivity index (χ4v) is 6.18. The Balaban J connectivity index is 1.52. The molecule has 1 aromatic carbocycles. The molecule has 0 bridgehead atoms. The van der Waals surface area contributed by atoms with Crippen LogP contribution in [0.4, 0.5) is 5.69 Å². The summed E-state index contributed by atoms with van der Waals surface area (Å²) in [5, 5.41) is 17.9. The van der Waals surface area contributed by atoms with E-state index in [-0.39, 0.29) is 30.0 Å². The van der Waals surface area contributed by atoms with Crippen molar-refractivity contribution in [3.8, 4) is 0 Å². The van der Waals surface area contributed by atoms with Crippen molar-refractivity contribution in [1.82, 2.24) is 24.4 Å². The molecule has 3 aliphatic rings. The van der Waals surface area contributed by atoms with Crippen LogP contribution >= 0.6 is 11.6 Å². The summed E-state index contributed by atoms with van der Waals surface area (Å²) in [6.45, 7) is 6.80. The molecule has 4 atom stereocenters. The van der Waals surface area contributed by atoms with Crippen LogP contribution < -0.4 is 4.90 Å². The third-order valence-corrected chi connectivity index (χ3v) is 8.05. The fraction of sp³-hybridized carbons (Fsp3) is 0.385. The molecule has 0 spiro atoms. The first-order valence-corrected chi connectivity index (χ1v) is 12.3. The highest BCUT2D eigenvalue weighted by Crippen LogP contribution is 2.50. The zero-order valence-corrected chi connectivity index (χ0v) is 21.0. The zero-order chi connectivity index (χ0) is 24.6. The number of anilines is 1. The number of amides is 1. The summed E-state index contributed by atoms with van der Waals surface area (Å²) in [5.41, 5.74) is 4.65. The molecule has 2 saturated heterocycles. The van der Waals surface area contributed by atoms with E-state index in [4.69, 9.17) is 17.0 Å². The molecular weight excluding hydrogens is 462 g/mol. The lowest BCUT2D eigenvalue weighted by Gasteiger charge is -2.37. The maximum atomic E-state index is 14.2. The number of nitrogens with one attached hydrogen (secondary N) is 1. The zero-order valence-electron chi connectivity index (χ0n) is 20.2. The highest BCUT2D eigenvalue weighted by Gasteiger charge is 2.56. The molecular formula is C26H28ClN7O. The van der Waals surface area contributed by atoms with Crippen molar-refractivity contribution in [2.24, 2.45) is 5.92 Å². The van der Waals surface area contributed by atoms with Gasteiger partial charge in [0.2, 0.25) is 5.91 Å². The van der Waals surface area contributed by atoms with E-state index in [1.54, 1.807) is 0 Å². The Hall–Kier alpha value is -3.39. The second kappa shape index (κ2) is 7.81. The number of amidine groups is 1. The van der Waals surface area contributed by atoms with Crippen molar-refractivity contribution in [3.63, 3.8) is 0 Å². The monoisotopic (exact) mass is 489 g/mol. The molecule has 4 unspecified atom stereocenters. The number of carbonyl (C=O) groups is 1. The van der Waals surface area contributed by atoms with Gasteiger partial charge in [0.15, 0.2) is 5.65 Å². The number of likely N-dealkylation sites (tertiary alicyclic amines) is 1. The van der Waals surface area contributed by atoms with Gasteiger partial charge in [-0.2, -0.15) is 0 Å². The minimum atomic E-state index is -0.271. The minimum Gasteiger partial charge on any atom is -0.362 e.